The Morgan fingerprint density at radius 2 is 0.828 bits per heavy atom. The first-order valence-corrected chi connectivity index (χ1v) is 23.9. The number of amides is 2. The highest BCUT2D eigenvalue weighted by Gasteiger charge is 2.15. The Hall–Kier alpha value is -2.60. The van der Waals surface area contributed by atoms with Crippen LogP contribution in [-0.2, 0) is 28.5 Å². The van der Waals surface area contributed by atoms with Crippen molar-refractivity contribution in [3.05, 3.63) is 0 Å². The quantitative estimate of drug-likeness (QED) is 0.0348. The summed E-state index contributed by atoms with van der Waals surface area (Å²) in [5, 5.41) is 5.72. The maximum absolute atomic E-state index is 12.6. The molecule has 0 spiro atoms. The minimum Gasteiger partial charge on any atom is -0.466 e. The molecule has 12 nitrogen and oxygen atoms in total. The summed E-state index contributed by atoms with van der Waals surface area (Å²) in [6, 6.07) is 0. The van der Waals surface area contributed by atoms with Gasteiger partial charge < -0.3 is 39.4 Å². The summed E-state index contributed by atoms with van der Waals surface area (Å²) in [5.41, 5.74) is 0. The molecule has 0 aliphatic carbocycles. The molecule has 2 N–H and O–H groups in total. The predicted molar refractivity (Wildman–Crippen MR) is 236 cm³/mol. The number of nitrogens with zero attached hydrogens (tertiary/aromatic N) is 2. The Morgan fingerprint density at radius 3 is 1.22 bits per heavy atom. The molecule has 2 amide bonds. The molecule has 0 radical (unpaired) electrons. The normalized spacial score (nSPS) is 12.3. The van der Waals surface area contributed by atoms with Crippen LogP contribution in [0.5, 0.6) is 0 Å². The number of likely N-dealkylation sites (N-methyl/N-ethyl adjacent to an activating group) is 1. The van der Waals surface area contributed by atoms with Crippen molar-refractivity contribution in [2.24, 2.45) is 0 Å². The number of esters is 2. The van der Waals surface area contributed by atoms with Gasteiger partial charge in [-0.15, -0.1) is 0 Å². The zero-order valence-corrected chi connectivity index (χ0v) is 38.4. The number of unbranched alkanes of at least 4 members (excludes halogenated alkanes) is 14. The predicted octanol–water partition coefficient (Wildman–Crippen LogP) is 10.3. The van der Waals surface area contributed by atoms with Gasteiger partial charge in [0.2, 0.25) is 0 Å². The van der Waals surface area contributed by atoms with E-state index in [1.165, 1.54) is 64.2 Å². The van der Waals surface area contributed by atoms with E-state index >= 15 is 0 Å². The van der Waals surface area contributed by atoms with Crippen LogP contribution >= 0.6 is 0 Å². The number of rotatable bonds is 41. The number of carbonyl (C=O) groups excluding carboxylic acids is 4. The number of ether oxygens (including phenoxy) is 4. The van der Waals surface area contributed by atoms with Crippen LogP contribution in [0.15, 0.2) is 0 Å². The highest BCUT2D eigenvalue weighted by Crippen LogP contribution is 2.14. The number of alkyl carbamates (subject to hydrolysis) is 2. The van der Waals surface area contributed by atoms with Crippen molar-refractivity contribution in [3.63, 3.8) is 0 Å². The summed E-state index contributed by atoms with van der Waals surface area (Å²) in [4.78, 5) is 54.0. The molecule has 0 saturated carbocycles. The first kappa shape index (κ1) is 55.4. The second-order valence-electron chi connectivity index (χ2n) is 15.8. The van der Waals surface area contributed by atoms with Crippen molar-refractivity contribution < 1.29 is 38.1 Å². The smallest absolute Gasteiger partial charge is 0.407 e. The second-order valence-corrected chi connectivity index (χ2v) is 15.8. The molecule has 342 valence electrons. The highest BCUT2D eigenvalue weighted by atomic mass is 16.6. The summed E-state index contributed by atoms with van der Waals surface area (Å²) >= 11 is 0. The lowest BCUT2D eigenvalue weighted by Crippen LogP contribution is -2.37. The monoisotopic (exact) mass is 827 g/mol. The number of hydrogen-bond donors (Lipinski definition) is 2. The van der Waals surface area contributed by atoms with E-state index in [2.05, 4.69) is 62.0 Å². The molecule has 2 atom stereocenters. The second kappa shape index (κ2) is 41.1. The molecular formula is C46H90N4O8. The summed E-state index contributed by atoms with van der Waals surface area (Å²) in [7, 11) is 0. The molecule has 0 fully saturated rings. The third-order valence-corrected chi connectivity index (χ3v) is 10.8. The van der Waals surface area contributed by atoms with E-state index in [1.54, 1.807) is 0 Å². The van der Waals surface area contributed by atoms with E-state index in [-0.39, 0.29) is 49.2 Å². The van der Waals surface area contributed by atoms with E-state index < -0.39 is 0 Å². The van der Waals surface area contributed by atoms with Gasteiger partial charge in [0, 0.05) is 39.3 Å². The van der Waals surface area contributed by atoms with Crippen LogP contribution in [0.3, 0.4) is 0 Å². The van der Waals surface area contributed by atoms with Crippen molar-refractivity contribution in [3.8, 4) is 0 Å². The Kier molecular flexibility index (Phi) is 39.3. The molecule has 0 heterocycles. The van der Waals surface area contributed by atoms with Crippen molar-refractivity contribution in [2.45, 2.75) is 208 Å². The standard InChI is InChI=1S/C46H90N4O8/c1-7-13-15-17-19-23-29-41(9-3)57-45(53)47-33-25-21-27-39-55-43(51)31-35-50(38-37-49(11-5)12-6)36-32-44(52)56-40-28-22-26-34-48-46(54)58-42(10-4)30-24-20-18-16-14-8-2/h41-42H,7-40H2,1-6H3,(H,47,53)(H,48,54). The molecule has 0 aromatic carbocycles. The highest BCUT2D eigenvalue weighted by molar-refractivity contribution is 5.70. The van der Waals surface area contributed by atoms with Crippen molar-refractivity contribution in [1.82, 2.24) is 20.4 Å². The van der Waals surface area contributed by atoms with Gasteiger partial charge in [-0.05, 0) is 90.1 Å². The van der Waals surface area contributed by atoms with E-state index in [9.17, 15) is 19.2 Å². The third-order valence-electron chi connectivity index (χ3n) is 10.8. The molecule has 0 aliphatic heterocycles. The van der Waals surface area contributed by atoms with Gasteiger partial charge in [0.25, 0.3) is 0 Å². The van der Waals surface area contributed by atoms with Gasteiger partial charge in [-0.1, -0.05) is 106 Å². The molecule has 0 bridgehead atoms. The van der Waals surface area contributed by atoms with Crippen molar-refractivity contribution >= 4 is 24.1 Å². The van der Waals surface area contributed by atoms with Crippen LogP contribution in [-0.4, -0.2) is 112 Å². The maximum atomic E-state index is 12.6. The first-order valence-electron chi connectivity index (χ1n) is 23.9. The fourth-order valence-corrected chi connectivity index (χ4v) is 6.75. The van der Waals surface area contributed by atoms with Gasteiger partial charge >= 0.3 is 24.1 Å². The number of hydrogen-bond acceptors (Lipinski definition) is 10. The molecule has 0 aromatic rings. The van der Waals surface area contributed by atoms with Crippen LogP contribution in [0.4, 0.5) is 9.59 Å². The third kappa shape index (κ3) is 35.4. The average Bonchev–Trinajstić information content (AvgIpc) is 3.22. The molecule has 58 heavy (non-hydrogen) atoms. The van der Waals surface area contributed by atoms with Crippen LogP contribution in [0, 0.1) is 0 Å². The Labute approximate surface area is 355 Å². The molecule has 0 aromatic heterocycles. The topological polar surface area (TPSA) is 136 Å². The number of carbonyl (C=O) groups is 4. The van der Waals surface area contributed by atoms with Gasteiger partial charge in [0.15, 0.2) is 0 Å². The maximum Gasteiger partial charge on any atom is 0.407 e. The van der Waals surface area contributed by atoms with E-state index in [1.807, 2.05) is 0 Å². The lowest BCUT2D eigenvalue weighted by atomic mass is 10.1. The van der Waals surface area contributed by atoms with Gasteiger partial charge in [-0.2, -0.15) is 0 Å². The molecule has 0 saturated heterocycles. The zero-order chi connectivity index (χ0) is 42.9. The summed E-state index contributed by atoms with van der Waals surface area (Å²) in [6.45, 7) is 19.1. The van der Waals surface area contributed by atoms with Crippen LogP contribution in [0.1, 0.15) is 196 Å². The lowest BCUT2D eigenvalue weighted by Gasteiger charge is -2.25. The van der Waals surface area contributed by atoms with Crippen LogP contribution in [0.25, 0.3) is 0 Å². The van der Waals surface area contributed by atoms with E-state index in [0.29, 0.717) is 39.4 Å². The molecule has 12 heteroatoms. The summed E-state index contributed by atoms with van der Waals surface area (Å²) in [6.07, 6.45) is 22.7. The van der Waals surface area contributed by atoms with E-state index in [4.69, 9.17) is 18.9 Å². The summed E-state index contributed by atoms with van der Waals surface area (Å²) < 4.78 is 22.2. The zero-order valence-electron chi connectivity index (χ0n) is 38.4. The minimum atomic E-state index is -0.345. The van der Waals surface area contributed by atoms with Crippen LogP contribution in [0.2, 0.25) is 0 Å². The van der Waals surface area contributed by atoms with Gasteiger partial charge in [0.05, 0.1) is 26.1 Å². The Balaban J connectivity index is 4.22. The average molecular weight is 827 g/mol. The fourth-order valence-electron chi connectivity index (χ4n) is 6.75. The molecule has 2 unspecified atom stereocenters. The SMILES string of the molecule is CCCCCCCCC(CC)OC(=O)NCCCCCOC(=O)CCN(CCC(=O)OCCCCCNC(=O)OC(CC)CCCCCCCC)CCN(CC)CC. The Morgan fingerprint density at radius 1 is 0.448 bits per heavy atom. The van der Waals surface area contributed by atoms with Gasteiger partial charge in [-0.25, -0.2) is 9.59 Å². The van der Waals surface area contributed by atoms with Crippen molar-refractivity contribution in [2.75, 3.05) is 65.6 Å². The Bertz CT molecular complexity index is 915. The number of nitrogens with one attached hydrogen (secondary N) is 2. The molecule has 0 rings (SSSR count). The largest absolute Gasteiger partial charge is 0.466 e. The fraction of sp³-hybridized carbons (Fsp3) is 0.913. The van der Waals surface area contributed by atoms with Gasteiger partial charge in [-0.3, -0.25) is 9.59 Å². The minimum absolute atomic E-state index is 0.0270. The van der Waals surface area contributed by atoms with Crippen LogP contribution < -0.4 is 10.6 Å². The van der Waals surface area contributed by atoms with Crippen molar-refractivity contribution in [1.29, 1.82) is 0 Å². The molecular weight excluding hydrogens is 737 g/mol. The first-order chi connectivity index (χ1) is 28.2. The summed E-state index contributed by atoms with van der Waals surface area (Å²) in [5.74, 6) is -0.483. The van der Waals surface area contributed by atoms with Gasteiger partial charge in [0.1, 0.15) is 12.2 Å². The molecule has 0 aliphatic rings. The van der Waals surface area contributed by atoms with E-state index in [0.717, 1.165) is 103 Å². The lowest BCUT2D eigenvalue weighted by molar-refractivity contribution is -0.144.